The van der Waals surface area contributed by atoms with Gasteiger partial charge in [-0.25, -0.2) is 4.39 Å². The molecule has 17 heavy (non-hydrogen) atoms. The minimum atomic E-state index is -0.639. The summed E-state index contributed by atoms with van der Waals surface area (Å²) in [6.07, 6.45) is 0.634. The minimum Gasteiger partial charge on any atom is -0.389 e. The van der Waals surface area contributed by atoms with Crippen LogP contribution in [0.5, 0.6) is 0 Å². The summed E-state index contributed by atoms with van der Waals surface area (Å²) in [7, 11) is 2.00. The predicted octanol–water partition coefficient (Wildman–Crippen LogP) is 2.97. The van der Waals surface area contributed by atoms with Crippen molar-refractivity contribution < 1.29 is 9.50 Å². The summed E-state index contributed by atoms with van der Waals surface area (Å²) in [6, 6.07) is 4.63. The van der Waals surface area contributed by atoms with E-state index < -0.39 is 6.10 Å². The lowest BCUT2D eigenvalue weighted by atomic mass is 10.1. The summed E-state index contributed by atoms with van der Waals surface area (Å²) >= 11 is 0. The van der Waals surface area contributed by atoms with E-state index in [1.165, 1.54) is 18.6 Å². The summed E-state index contributed by atoms with van der Waals surface area (Å²) in [6.45, 7) is 4.90. The number of benzene rings is 1. The van der Waals surface area contributed by atoms with Gasteiger partial charge in [0.05, 0.1) is 6.10 Å². The molecule has 2 unspecified atom stereocenters. The van der Waals surface area contributed by atoms with Crippen molar-refractivity contribution in [2.45, 2.75) is 26.4 Å². The molecular weight excluding hydrogens is 217 g/mol. The Morgan fingerprint density at radius 3 is 2.71 bits per heavy atom. The van der Waals surface area contributed by atoms with E-state index in [0.29, 0.717) is 5.56 Å². The average molecular weight is 237 g/mol. The molecule has 1 saturated carbocycles. The number of hydrogen-bond acceptors (Lipinski definition) is 2. The van der Waals surface area contributed by atoms with Crippen LogP contribution in [0, 0.1) is 17.7 Å². The van der Waals surface area contributed by atoms with Crippen molar-refractivity contribution in [1.29, 1.82) is 0 Å². The second-order valence-electron chi connectivity index (χ2n) is 5.23. The summed E-state index contributed by atoms with van der Waals surface area (Å²) in [5, 5.41) is 9.69. The van der Waals surface area contributed by atoms with E-state index >= 15 is 0 Å². The quantitative estimate of drug-likeness (QED) is 0.870. The van der Waals surface area contributed by atoms with Crippen molar-refractivity contribution in [3.05, 3.63) is 29.6 Å². The van der Waals surface area contributed by atoms with Crippen molar-refractivity contribution in [2.75, 3.05) is 18.5 Å². The first-order chi connectivity index (χ1) is 7.99. The average Bonchev–Trinajstić information content (AvgIpc) is 2.93. The number of hydrogen-bond donors (Lipinski definition) is 1. The Kier molecular flexibility index (Phi) is 3.38. The summed E-state index contributed by atoms with van der Waals surface area (Å²) in [5.74, 6) is 1.25. The van der Waals surface area contributed by atoms with Gasteiger partial charge in [-0.05, 0) is 43.4 Å². The standard InChI is InChI=1S/C14H20FNO/c1-9-6-11(9)8-16(3)14-5-4-12(15)7-13(14)10(2)17/h4-5,7,9-11,17H,6,8H2,1-3H3/t9?,10-,11?/m0/s1. The second-order valence-corrected chi connectivity index (χ2v) is 5.23. The fourth-order valence-corrected chi connectivity index (χ4v) is 2.31. The van der Waals surface area contributed by atoms with Gasteiger partial charge in [-0.1, -0.05) is 6.92 Å². The first kappa shape index (κ1) is 12.4. The first-order valence-corrected chi connectivity index (χ1v) is 6.17. The molecule has 0 spiro atoms. The van der Waals surface area contributed by atoms with E-state index in [1.54, 1.807) is 13.0 Å². The van der Waals surface area contributed by atoms with Gasteiger partial charge in [0.2, 0.25) is 0 Å². The molecule has 2 rings (SSSR count). The fourth-order valence-electron chi connectivity index (χ4n) is 2.31. The molecule has 1 aromatic carbocycles. The third-order valence-corrected chi connectivity index (χ3v) is 3.64. The molecule has 0 heterocycles. The van der Waals surface area contributed by atoms with Crippen LogP contribution in [0.2, 0.25) is 0 Å². The van der Waals surface area contributed by atoms with Crippen LogP contribution in [-0.2, 0) is 0 Å². The van der Waals surface area contributed by atoms with Crippen LogP contribution in [0.25, 0.3) is 0 Å². The molecule has 1 N–H and O–H groups in total. The lowest BCUT2D eigenvalue weighted by molar-refractivity contribution is 0.199. The van der Waals surface area contributed by atoms with Crippen LogP contribution in [0.15, 0.2) is 18.2 Å². The molecule has 3 atom stereocenters. The molecule has 0 aromatic heterocycles. The molecule has 0 aliphatic heterocycles. The Morgan fingerprint density at radius 1 is 1.53 bits per heavy atom. The van der Waals surface area contributed by atoms with Gasteiger partial charge in [-0.2, -0.15) is 0 Å². The number of nitrogens with zero attached hydrogens (tertiary/aromatic N) is 1. The smallest absolute Gasteiger partial charge is 0.123 e. The van der Waals surface area contributed by atoms with E-state index in [0.717, 1.165) is 24.1 Å². The van der Waals surface area contributed by atoms with Crippen LogP contribution in [0.3, 0.4) is 0 Å². The van der Waals surface area contributed by atoms with Crippen molar-refractivity contribution >= 4 is 5.69 Å². The highest BCUT2D eigenvalue weighted by atomic mass is 19.1. The number of halogens is 1. The molecular formula is C14H20FNO. The third-order valence-electron chi connectivity index (χ3n) is 3.64. The van der Waals surface area contributed by atoms with Crippen molar-refractivity contribution in [2.24, 2.45) is 11.8 Å². The van der Waals surface area contributed by atoms with Crippen molar-refractivity contribution in [1.82, 2.24) is 0 Å². The van der Waals surface area contributed by atoms with Gasteiger partial charge in [-0.15, -0.1) is 0 Å². The fraction of sp³-hybridized carbons (Fsp3) is 0.571. The van der Waals surface area contributed by atoms with Crippen LogP contribution in [0.1, 0.15) is 31.9 Å². The minimum absolute atomic E-state index is 0.294. The van der Waals surface area contributed by atoms with E-state index in [4.69, 9.17) is 0 Å². The van der Waals surface area contributed by atoms with Crippen LogP contribution in [0.4, 0.5) is 10.1 Å². The number of aliphatic hydroxyl groups excluding tert-OH is 1. The van der Waals surface area contributed by atoms with Gasteiger partial charge in [-0.3, -0.25) is 0 Å². The zero-order valence-corrected chi connectivity index (χ0v) is 10.7. The van der Waals surface area contributed by atoms with E-state index in [2.05, 4.69) is 11.8 Å². The molecule has 1 aliphatic rings. The second kappa shape index (κ2) is 4.65. The lowest BCUT2D eigenvalue weighted by Gasteiger charge is -2.23. The highest BCUT2D eigenvalue weighted by Crippen LogP contribution is 2.39. The third kappa shape index (κ3) is 2.78. The monoisotopic (exact) mass is 237 g/mol. The Balaban J connectivity index is 2.18. The predicted molar refractivity (Wildman–Crippen MR) is 67.6 cm³/mol. The van der Waals surface area contributed by atoms with Crippen LogP contribution in [-0.4, -0.2) is 18.7 Å². The molecule has 2 nitrogen and oxygen atoms in total. The highest BCUT2D eigenvalue weighted by molar-refractivity contribution is 5.54. The molecule has 94 valence electrons. The SMILES string of the molecule is CC1CC1CN(C)c1ccc(F)cc1[C@H](C)O. The molecule has 0 radical (unpaired) electrons. The van der Waals surface area contributed by atoms with E-state index in [1.807, 2.05) is 7.05 Å². The first-order valence-electron chi connectivity index (χ1n) is 6.17. The number of aliphatic hydroxyl groups is 1. The molecule has 3 heteroatoms. The van der Waals surface area contributed by atoms with Gasteiger partial charge >= 0.3 is 0 Å². The summed E-state index contributed by atoms with van der Waals surface area (Å²) < 4.78 is 13.2. The Hall–Kier alpha value is -1.09. The molecule has 0 amide bonds. The highest BCUT2D eigenvalue weighted by Gasteiger charge is 2.33. The van der Waals surface area contributed by atoms with Crippen molar-refractivity contribution in [3.63, 3.8) is 0 Å². The zero-order chi connectivity index (χ0) is 12.6. The van der Waals surface area contributed by atoms with E-state index in [-0.39, 0.29) is 5.82 Å². The summed E-state index contributed by atoms with van der Waals surface area (Å²) in [4.78, 5) is 2.12. The molecule has 0 saturated heterocycles. The van der Waals surface area contributed by atoms with Gasteiger partial charge in [0.25, 0.3) is 0 Å². The van der Waals surface area contributed by atoms with E-state index in [9.17, 15) is 9.50 Å². The maximum absolute atomic E-state index is 13.2. The summed E-state index contributed by atoms with van der Waals surface area (Å²) in [5.41, 5.74) is 1.60. The lowest BCUT2D eigenvalue weighted by Crippen LogP contribution is -2.22. The maximum atomic E-state index is 13.2. The van der Waals surface area contributed by atoms with Gasteiger partial charge in [0.15, 0.2) is 0 Å². The number of rotatable bonds is 4. The normalized spacial score (nSPS) is 24.5. The van der Waals surface area contributed by atoms with Gasteiger partial charge in [0.1, 0.15) is 5.82 Å². The maximum Gasteiger partial charge on any atom is 0.123 e. The number of anilines is 1. The molecule has 1 aromatic rings. The molecule has 1 aliphatic carbocycles. The van der Waals surface area contributed by atoms with Crippen molar-refractivity contribution in [3.8, 4) is 0 Å². The van der Waals surface area contributed by atoms with Crippen LogP contribution < -0.4 is 4.90 Å². The Morgan fingerprint density at radius 2 is 2.18 bits per heavy atom. The topological polar surface area (TPSA) is 23.5 Å². The van der Waals surface area contributed by atoms with Gasteiger partial charge in [0, 0.05) is 24.8 Å². The molecule has 0 bridgehead atoms. The van der Waals surface area contributed by atoms with Gasteiger partial charge < -0.3 is 10.0 Å². The Labute approximate surface area is 102 Å². The molecule has 1 fully saturated rings. The zero-order valence-electron chi connectivity index (χ0n) is 10.7. The Bertz CT molecular complexity index is 405. The van der Waals surface area contributed by atoms with Crippen LogP contribution >= 0.6 is 0 Å². The largest absolute Gasteiger partial charge is 0.389 e.